The monoisotopic (exact) mass is 338 g/mol. The van der Waals surface area contributed by atoms with Crippen LogP contribution in [0.4, 0.5) is 0 Å². The van der Waals surface area contributed by atoms with Crippen LogP contribution in [0.5, 0.6) is 0 Å². The van der Waals surface area contributed by atoms with Gasteiger partial charge in [0.15, 0.2) is 17.3 Å². The van der Waals surface area contributed by atoms with E-state index in [9.17, 15) is 0 Å². The Morgan fingerprint density at radius 2 is 2.12 bits per heavy atom. The van der Waals surface area contributed by atoms with Crippen molar-refractivity contribution in [1.82, 2.24) is 19.9 Å². The third-order valence-corrected chi connectivity index (χ3v) is 4.44. The van der Waals surface area contributed by atoms with Crippen LogP contribution in [0.3, 0.4) is 0 Å². The van der Waals surface area contributed by atoms with Crippen LogP contribution in [-0.2, 0) is 17.7 Å². The summed E-state index contributed by atoms with van der Waals surface area (Å²) in [6.45, 7) is 4.25. The fraction of sp³-hybridized carbons (Fsp3) is 0.421. The first-order chi connectivity index (χ1) is 12.3. The Morgan fingerprint density at radius 3 is 2.88 bits per heavy atom. The van der Waals surface area contributed by atoms with Crippen molar-refractivity contribution in [2.24, 2.45) is 0 Å². The zero-order valence-corrected chi connectivity index (χ0v) is 14.4. The molecule has 4 rings (SSSR count). The second-order valence-corrected chi connectivity index (χ2v) is 6.43. The van der Waals surface area contributed by atoms with Gasteiger partial charge >= 0.3 is 0 Å². The van der Waals surface area contributed by atoms with Gasteiger partial charge in [-0.15, -0.1) is 0 Å². The lowest BCUT2D eigenvalue weighted by molar-refractivity contribution is 0.193. The van der Waals surface area contributed by atoms with Gasteiger partial charge in [-0.05, 0) is 18.4 Å². The fourth-order valence-electron chi connectivity index (χ4n) is 3.11. The normalized spacial score (nSPS) is 17.2. The van der Waals surface area contributed by atoms with Crippen molar-refractivity contribution < 1.29 is 9.26 Å². The highest BCUT2D eigenvalue weighted by atomic mass is 16.5. The molecule has 1 aliphatic rings. The maximum Gasteiger partial charge on any atom is 0.180 e. The highest BCUT2D eigenvalue weighted by molar-refractivity contribution is 5.49. The van der Waals surface area contributed by atoms with Gasteiger partial charge in [0.2, 0.25) is 0 Å². The third kappa shape index (κ3) is 3.49. The van der Waals surface area contributed by atoms with Crippen LogP contribution in [0.2, 0.25) is 0 Å². The van der Waals surface area contributed by atoms with Gasteiger partial charge in [-0.1, -0.05) is 42.4 Å². The predicted molar refractivity (Wildman–Crippen MR) is 93.2 cm³/mol. The number of benzene rings is 1. The van der Waals surface area contributed by atoms with Gasteiger partial charge in [-0.3, -0.25) is 0 Å². The standard InChI is InChI=1S/C19H22N4O2/c1-2-6-16-11-17(22-25-16)19-20-18(15-9-10-24-13-15)21-23(19)12-14-7-4-3-5-8-14/h3-5,7-8,11,15H,2,6,9-10,12-13H2,1H3/t15-/m1/s1. The molecular formula is C19H22N4O2. The molecule has 1 aliphatic heterocycles. The average molecular weight is 338 g/mol. The van der Waals surface area contributed by atoms with Gasteiger partial charge in [0.25, 0.3) is 0 Å². The minimum absolute atomic E-state index is 0.262. The average Bonchev–Trinajstić information content (AvgIpc) is 3.36. The van der Waals surface area contributed by atoms with E-state index in [1.165, 1.54) is 5.56 Å². The first-order valence-electron chi connectivity index (χ1n) is 8.86. The second kappa shape index (κ2) is 7.19. The summed E-state index contributed by atoms with van der Waals surface area (Å²) < 4.78 is 12.9. The van der Waals surface area contributed by atoms with Gasteiger partial charge in [0.1, 0.15) is 5.76 Å². The molecule has 1 saturated heterocycles. The number of nitrogens with zero attached hydrogens (tertiary/aromatic N) is 4. The number of hydrogen-bond acceptors (Lipinski definition) is 5. The van der Waals surface area contributed by atoms with Crippen molar-refractivity contribution in [3.8, 4) is 11.5 Å². The van der Waals surface area contributed by atoms with E-state index >= 15 is 0 Å². The van der Waals surface area contributed by atoms with E-state index in [1.54, 1.807) is 0 Å². The smallest absolute Gasteiger partial charge is 0.180 e. The van der Waals surface area contributed by atoms with Crippen LogP contribution in [0.1, 0.15) is 42.8 Å². The predicted octanol–water partition coefficient (Wildman–Crippen LogP) is 3.44. The van der Waals surface area contributed by atoms with E-state index in [4.69, 9.17) is 19.3 Å². The molecule has 6 nitrogen and oxygen atoms in total. The summed E-state index contributed by atoms with van der Waals surface area (Å²) in [5.41, 5.74) is 1.93. The van der Waals surface area contributed by atoms with Gasteiger partial charge in [-0.25, -0.2) is 9.67 Å². The van der Waals surface area contributed by atoms with Crippen LogP contribution in [-0.4, -0.2) is 33.1 Å². The molecule has 130 valence electrons. The SMILES string of the molecule is CCCc1cc(-c2nc([C@@H]3CCOC3)nn2Cc2ccccc2)no1. The molecule has 0 bridgehead atoms. The zero-order valence-electron chi connectivity index (χ0n) is 14.4. The minimum atomic E-state index is 0.262. The zero-order chi connectivity index (χ0) is 17.1. The molecule has 0 amide bonds. The fourth-order valence-corrected chi connectivity index (χ4v) is 3.11. The Labute approximate surface area is 146 Å². The van der Waals surface area contributed by atoms with Crippen molar-refractivity contribution >= 4 is 0 Å². The van der Waals surface area contributed by atoms with Crippen LogP contribution in [0.25, 0.3) is 11.5 Å². The van der Waals surface area contributed by atoms with E-state index in [-0.39, 0.29) is 5.92 Å². The lowest BCUT2D eigenvalue weighted by atomic mass is 10.1. The molecule has 3 aromatic rings. The Hall–Kier alpha value is -2.47. The summed E-state index contributed by atoms with van der Waals surface area (Å²) in [6.07, 6.45) is 2.87. The first-order valence-corrected chi connectivity index (χ1v) is 8.86. The van der Waals surface area contributed by atoms with Crippen molar-refractivity contribution in [2.45, 2.75) is 38.6 Å². The molecule has 2 aromatic heterocycles. The van der Waals surface area contributed by atoms with Gasteiger partial charge in [-0.2, -0.15) is 5.10 Å². The summed E-state index contributed by atoms with van der Waals surface area (Å²) in [4.78, 5) is 4.78. The van der Waals surface area contributed by atoms with Gasteiger partial charge < -0.3 is 9.26 Å². The van der Waals surface area contributed by atoms with Crippen LogP contribution >= 0.6 is 0 Å². The molecule has 6 heteroatoms. The number of aryl methyl sites for hydroxylation is 1. The first kappa shape index (κ1) is 16.0. The Balaban J connectivity index is 1.69. The number of hydrogen-bond donors (Lipinski definition) is 0. The van der Waals surface area contributed by atoms with Crippen molar-refractivity contribution in [3.63, 3.8) is 0 Å². The quantitative estimate of drug-likeness (QED) is 0.689. The van der Waals surface area contributed by atoms with E-state index < -0.39 is 0 Å². The molecule has 0 spiro atoms. The van der Waals surface area contributed by atoms with Crippen molar-refractivity contribution in [2.75, 3.05) is 13.2 Å². The Kier molecular flexibility index (Phi) is 4.61. The maximum absolute atomic E-state index is 5.50. The molecule has 0 radical (unpaired) electrons. The molecule has 0 unspecified atom stereocenters. The Bertz CT molecular complexity index is 819. The second-order valence-electron chi connectivity index (χ2n) is 6.43. The molecule has 1 fully saturated rings. The summed E-state index contributed by atoms with van der Waals surface area (Å²) in [5.74, 6) is 2.75. The lowest BCUT2D eigenvalue weighted by Gasteiger charge is -2.04. The third-order valence-electron chi connectivity index (χ3n) is 4.44. The lowest BCUT2D eigenvalue weighted by Crippen LogP contribution is -2.06. The molecular weight excluding hydrogens is 316 g/mol. The van der Waals surface area contributed by atoms with E-state index in [1.807, 2.05) is 28.9 Å². The molecule has 0 aliphatic carbocycles. The highest BCUT2D eigenvalue weighted by Gasteiger charge is 2.25. The maximum atomic E-state index is 5.50. The molecule has 0 N–H and O–H groups in total. The number of rotatable bonds is 6. The van der Waals surface area contributed by atoms with E-state index in [2.05, 4.69) is 24.2 Å². The van der Waals surface area contributed by atoms with Crippen molar-refractivity contribution in [3.05, 3.63) is 53.5 Å². The summed E-state index contributed by atoms with van der Waals surface area (Å²) >= 11 is 0. The largest absolute Gasteiger partial charge is 0.381 e. The van der Waals surface area contributed by atoms with Crippen molar-refractivity contribution in [1.29, 1.82) is 0 Å². The minimum Gasteiger partial charge on any atom is -0.381 e. The van der Waals surface area contributed by atoms with Crippen LogP contribution < -0.4 is 0 Å². The summed E-state index contributed by atoms with van der Waals surface area (Å²) in [6, 6.07) is 12.2. The van der Waals surface area contributed by atoms with Crippen LogP contribution in [0, 0.1) is 0 Å². The topological polar surface area (TPSA) is 66.0 Å². The van der Waals surface area contributed by atoms with Crippen LogP contribution in [0.15, 0.2) is 40.9 Å². The number of aromatic nitrogens is 4. The molecule has 1 atom stereocenters. The summed E-state index contributed by atoms with van der Waals surface area (Å²) in [7, 11) is 0. The summed E-state index contributed by atoms with van der Waals surface area (Å²) in [5, 5.41) is 8.98. The highest BCUT2D eigenvalue weighted by Crippen LogP contribution is 2.26. The Morgan fingerprint density at radius 1 is 1.24 bits per heavy atom. The molecule has 3 heterocycles. The molecule has 0 saturated carbocycles. The van der Waals surface area contributed by atoms with E-state index in [0.717, 1.165) is 49.0 Å². The number of ether oxygens (including phenoxy) is 1. The van der Waals surface area contributed by atoms with Gasteiger partial charge in [0.05, 0.1) is 13.2 Å². The van der Waals surface area contributed by atoms with Gasteiger partial charge in [0, 0.05) is 25.0 Å². The van der Waals surface area contributed by atoms with E-state index in [0.29, 0.717) is 13.2 Å². The molecule has 25 heavy (non-hydrogen) atoms. The molecule has 1 aromatic carbocycles.